The van der Waals surface area contributed by atoms with Gasteiger partial charge in [-0.3, -0.25) is 10.00 Å². The number of carbonyl (C=O) groups is 1. The molecule has 4 aromatic rings. The molecule has 2 aromatic heterocycles. The number of benzene rings is 2. The van der Waals surface area contributed by atoms with Crippen LogP contribution in [0.5, 0.6) is 5.75 Å². The van der Waals surface area contributed by atoms with E-state index in [1.807, 2.05) is 45.9 Å². The lowest BCUT2D eigenvalue weighted by Gasteiger charge is -2.53. The van der Waals surface area contributed by atoms with E-state index < -0.39 is 18.4 Å². The maximum atomic E-state index is 14.0. The number of piperidine rings is 1. The summed E-state index contributed by atoms with van der Waals surface area (Å²) in [5.74, 6) is 1.11. The molecule has 1 spiro atoms. The quantitative estimate of drug-likeness (QED) is 0.199. The van der Waals surface area contributed by atoms with Crippen LogP contribution >= 0.6 is 0 Å². The summed E-state index contributed by atoms with van der Waals surface area (Å²) in [4.78, 5) is 31.3. The number of halogens is 3. The summed E-state index contributed by atoms with van der Waals surface area (Å²) in [5.41, 5.74) is 3.06. The fraction of sp³-hybridized carbons (Fsp3) is 0.538. The fourth-order valence-corrected chi connectivity index (χ4v) is 7.90. The Hall–Kier alpha value is -4.63. The average molecular weight is 751 g/mol. The van der Waals surface area contributed by atoms with Crippen molar-refractivity contribution >= 4 is 45.7 Å². The number of aryl methyl sites for hydroxylation is 1. The van der Waals surface area contributed by atoms with E-state index in [2.05, 4.69) is 31.5 Å². The van der Waals surface area contributed by atoms with Crippen molar-refractivity contribution < 1.29 is 32.2 Å². The van der Waals surface area contributed by atoms with Crippen molar-refractivity contribution in [3.8, 4) is 16.9 Å². The number of carbonyl (C=O) groups excluding carboxylic acids is 1. The minimum Gasteiger partial charge on any atom is -0.481 e. The number of alkyl halides is 3. The molecule has 0 saturated carbocycles. The Kier molecular flexibility index (Phi) is 10.2. The van der Waals surface area contributed by atoms with E-state index in [0.29, 0.717) is 85.2 Å². The van der Waals surface area contributed by atoms with E-state index in [1.165, 1.54) is 0 Å². The number of nitrogens with one attached hydrogen (secondary N) is 1. The van der Waals surface area contributed by atoms with Crippen LogP contribution in [0.1, 0.15) is 44.7 Å². The lowest BCUT2D eigenvalue weighted by Crippen LogP contribution is -2.62. The zero-order chi connectivity index (χ0) is 38.4. The minimum absolute atomic E-state index is 0.0284. The van der Waals surface area contributed by atoms with E-state index >= 15 is 0 Å². The van der Waals surface area contributed by atoms with Gasteiger partial charge in [0.05, 0.1) is 18.3 Å². The number of hydrogen-bond acceptors (Lipinski definition) is 10. The van der Waals surface area contributed by atoms with Crippen LogP contribution in [0.4, 0.5) is 29.7 Å². The summed E-state index contributed by atoms with van der Waals surface area (Å²) in [5, 5.41) is 8.56. The summed E-state index contributed by atoms with van der Waals surface area (Å²) in [6.45, 7) is 16.9. The van der Waals surface area contributed by atoms with Crippen LogP contribution in [0.25, 0.3) is 39.0 Å². The van der Waals surface area contributed by atoms with E-state index in [4.69, 9.17) is 24.2 Å². The van der Waals surface area contributed by atoms with Gasteiger partial charge in [-0.25, -0.2) is 9.78 Å². The molecule has 0 atom stereocenters. The van der Waals surface area contributed by atoms with Crippen molar-refractivity contribution in [3.63, 3.8) is 0 Å². The van der Waals surface area contributed by atoms with Crippen LogP contribution in [-0.2, 0) is 9.47 Å². The third-order valence-corrected chi connectivity index (χ3v) is 10.7. The molecule has 1 amide bonds. The summed E-state index contributed by atoms with van der Waals surface area (Å²) in [6.07, 6.45) is 0.0579. The number of hydrogen-bond donors (Lipinski definition) is 1. The molecule has 5 heterocycles. The standard InChI is InChI=1S/C39H49F3N8O4/c1-7-26-20-27-32(33(53-24-39(40,41)42)31(26)30-25(2)8-9-29-28(30)21-43-46-29)44-35(49-16-14-47(15-17-49)18-19-52-6)45-34(27)48-12-10-38(11-13-48)22-50(23-38)36(51)54-37(3,4)5/h7-9,20-21H,1,10-19,22-24H2,2-6H3,(H,43,46). The summed E-state index contributed by atoms with van der Waals surface area (Å²) in [6, 6.07) is 5.74. The molecule has 15 heteroatoms. The number of piperazine rings is 1. The number of nitrogens with zero attached hydrogens (tertiary/aromatic N) is 7. The second kappa shape index (κ2) is 14.5. The van der Waals surface area contributed by atoms with Crippen LogP contribution in [0.3, 0.4) is 0 Å². The number of rotatable bonds is 9. The van der Waals surface area contributed by atoms with Crippen molar-refractivity contribution in [2.24, 2.45) is 5.41 Å². The van der Waals surface area contributed by atoms with Crippen molar-refractivity contribution in [2.75, 3.05) is 89.0 Å². The number of aromatic amines is 1. The maximum Gasteiger partial charge on any atom is 0.422 e. The van der Waals surface area contributed by atoms with Crippen molar-refractivity contribution in [2.45, 2.75) is 52.3 Å². The Morgan fingerprint density at radius 3 is 2.37 bits per heavy atom. The van der Waals surface area contributed by atoms with E-state index in [9.17, 15) is 18.0 Å². The van der Waals surface area contributed by atoms with Crippen LogP contribution in [0, 0.1) is 12.3 Å². The highest BCUT2D eigenvalue weighted by atomic mass is 19.4. The number of fused-ring (bicyclic) bond motifs is 2. The fourth-order valence-electron chi connectivity index (χ4n) is 7.90. The highest BCUT2D eigenvalue weighted by molar-refractivity contribution is 6.07. The van der Waals surface area contributed by atoms with Crippen LogP contribution in [0.15, 0.2) is 31.0 Å². The largest absolute Gasteiger partial charge is 0.481 e. The first-order valence-corrected chi connectivity index (χ1v) is 18.5. The molecule has 12 nitrogen and oxygen atoms in total. The molecular formula is C39H49F3N8O4. The zero-order valence-corrected chi connectivity index (χ0v) is 31.7. The van der Waals surface area contributed by atoms with Crippen LogP contribution in [-0.4, -0.2) is 127 Å². The van der Waals surface area contributed by atoms with E-state index in [-0.39, 0.29) is 17.3 Å². The molecule has 1 N–H and O–H groups in total. The number of anilines is 2. The van der Waals surface area contributed by atoms with E-state index in [0.717, 1.165) is 48.9 Å². The van der Waals surface area contributed by atoms with Gasteiger partial charge in [0.2, 0.25) is 5.95 Å². The lowest BCUT2D eigenvalue weighted by atomic mass is 9.72. The number of H-pyrrole nitrogens is 1. The summed E-state index contributed by atoms with van der Waals surface area (Å²) in [7, 11) is 1.68. The number of methoxy groups -OCH3 is 1. The van der Waals surface area contributed by atoms with Crippen molar-refractivity contribution in [1.82, 2.24) is 30.0 Å². The summed E-state index contributed by atoms with van der Waals surface area (Å²) < 4.78 is 58.8. The number of ether oxygens (including phenoxy) is 3. The maximum absolute atomic E-state index is 14.0. The highest BCUT2D eigenvalue weighted by Crippen LogP contribution is 2.48. The van der Waals surface area contributed by atoms with Gasteiger partial charge in [0.15, 0.2) is 12.4 Å². The van der Waals surface area contributed by atoms with Gasteiger partial charge in [0, 0.05) is 87.8 Å². The van der Waals surface area contributed by atoms with Gasteiger partial charge < -0.3 is 28.9 Å². The Balaban J connectivity index is 1.32. The Bertz CT molecular complexity index is 2020. The molecular weight excluding hydrogens is 701 g/mol. The monoisotopic (exact) mass is 750 g/mol. The van der Waals surface area contributed by atoms with Gasteiger partial charge >= 0.3 is 12.3 Å². The number of likely N-dealkylation sites (tertiary alicyclic amines) is 1. The van der Waals surface area contributed by atoms with E-state index in [1.54, 1.807) is 24.3 Å². The van der Waals surface area contributed by atoms with Gasteiger partial charge in [-0.05, 0) is 69.4 Å². The molecule has 3 saturated heterocycles. The molecule has 0 unspecified atom stereocenters. The van der Waals surface area contributed by atoms with Gasteiger partial charge in [-0.1, -0.05) is 18.7 Å². The molecule has 3 aliphatic heterocycles. The molecule has 54 heavy (non-hydrogen) atoms. The third kappa shape index (κ3) is 7.65. The van der Waals surface area contributed by atoms with Crippen LogP contribution < -0.4 is 14.5 Å². The number of aromatic nitrogens is 4. The highest BCUT2D eigenvalue weighted by Gasteiger charge is 2.48. The first-order valence-electron chi connectivity index (χ1n) is 18.5. The molecule has 3 aliphatic rings. The molecule has 0 radical (unpaired) electrons. The van der Waals surface area contributed by atoms with Gasteiger partial charge in [-0.2, -0.15) is 23.3 Å². The van der Waals surface area contributed by atoms with Gasteiger partial charge in [-0.15, -0.1) is 0 Å². The first kappa shape index (κ1) is 37.7. The third-order valence-electron chi connectivity index (χ3n) is 10.7. The summed E-state index contributed by atoms with van der Waals surface area (Å²) >= 11 is 0. The second-order valence-corrected chi connectivity index (χ2v) is 15.8. The Labute approximate surface area is 313 Å². The van der Waals surface area contributed by atoms with Gasteiger partial charge in [0.1, 0.15) is 16.9 Å². The Morgan fingerprint density at radius 2 is 1.72 bits per heavy atom. The minimum atomic E-state index is -4.60. The lowest BCUT2D eigenvalue weighted by molar-refractivity contribution is -0.153. The topological polar surface area (TPSA) is 112 Å². The zero-order valence-electron chi connectivity index (χ0n) is 31.7. The Morgan fingerprint density at radius 1 is 1.00 bits per heavy atom. The smallest absolute Gasteiger partial charge is 0.422 e. The van der Waals surface area contributed by atoms with Crippen molar-refractivity contribution in [3.05, 3.63) is 42.1 Å². The SMILES string of the molecule is C=Cc1cc2c(N3CCC4(CC3)CN(C(=O)OC(C)(C)C)C4)nc(N3CCN(CCOC)CC3)nc2c(OCC(F)(F)F)c1-c1c(C)ccc2[nH]ncc12. The first-order chi connectivity index (χ1) is 25.7. The van der Waals surface area contributed by atoms with Crippen molar-refractivity contribution in [1.29, 1.82) is 0 Å². The molecule has 290 valence electrons. The molecule has 7 rings (SSSR count). The molecule has 2 aromatic carbocycles. The predicted octanol–water partition coefficient (Wildman–Crippen LogP) is 6.67. The normalized spacial score (nSPS) is 18.0. The number of amides is 1. The van der Waals surface area contributed by atoms with Crippen LogP contribution in [0.2, 0.25) is 0 Å². The molecule has 3 fully saturated rings. The molecule has 0 bridgehead atoms. The predicted molar refractivity (Wildman–Crippen MR) is 203 cm³/mol. The van der Waals surface area contributed by atoms with Gasteiger partial charge in [0.25, 0.3) is 0 Å². The average Bonchev–Trinajstić information content (AvgIpc) is 3.59. The second-order valence-electron chi connectivity index (χ2n) is 15.8. The molecule has 0 aliphatic carbocycles.